The van der Waals surface area contributed by atoms with Crippen molar-refractivity contribution in [2.75, 3.05) is 11.5 Å². The summed E-state index contributed by atoms with van der Waals surface area (Å²) in [6, 6.07) is -0.0967. The molecule has 0 amide bonds. The standard InChI is InChI=1S/C6H7F5N2OS/c7-15(8,9,10,11)3-1-4(12)6(14)5(13)2-3/h1-2,14H,12-13H2. The van der Waals surface area contributed by atoms with Crippen molar-refractivity contribution in [2.45, 2.75) is 4.90 Å². The lowest BCUT2D eigenvalue weighted by molar-refractivity contribution is 0.364. The molecule has 0 aliphatic heterocycles. The van der Waals surface area contributed by atoms with Crippen LogP contribution in [0.1, 0.15) is 0 Å². The lowest BCUT2D eigenvalue weighted by Gasteiger charge is -2.40. The van der Waals surface area contributed by atoms with Gasteiger partial charge in [-0.15, -0.1) is 0 Å². The zero-order chi connectivity index (χ0) is 12.1. The first kappa shape index (κ1) is 11.7. The third-order valence-electron chi connectivity index (χ3n) is 1.59. The number of nitrogens with two attached hydrogens (primary N) is 2. The molecule has 1 aromatic carbocycles. The molecule has 5 N–H and O–H groups in total. The van der Waals surface area contributed by atoms with Crippen LogP contribution in [0.25, 0.3) is 0 Å². The minimum absolute atomic E-state index is 0.0484. The third-order valence-corrected chi connectivity index (χ3v) is 2.71. The molecule has 0 unspecified atom stereocenters. The first-order chi connectivity index (χ1) is 6.31. The second-order valence-electron chi connectivity index (χ2n) is 2.92. The molecule has 1 aromatic rings. The highest BCUT2D eigenvalue weighted by Crippen LogP contribution is 3.02. The summed E-state index contributed by atoms with van der Waals surface area (Å²) in [5.41, 5.74) is 8.09. The van der Waals surface area contributed by atoms with Gasteiger partial charge in [-0.05, 0) is 12.1 Å². The van der Waals surface area contributed by atoms with Gasteiger partial charge in [-0.3, -0.25) is 0 Å². The summed E-state index contributed by atoms with van der Waals surface area (Å²) >= 11 is 0. The Bertz CT molecular complexity index is 405. The molecule has 0 aliphatic carbocycles. The minimum Gasteiger partial charge on any atom is -0.504 e. The van der Waals surface area contributed by atoms with E-state index in [0.717, 1.165) is 0 Å². The molecular weight excluding hydrogens is 243 g/mol. The fourth-order valence-corrected chi connectivity index (χ4v) is 1.57. The highest BCUT2D eigenvalue weighted by Gasteiger charge is 2.65. The number of nitrogen functional groups attached to an aromatic ring is 2. The Morgan fingerprint density at radius 1 is 0.933 bits per heavy atom. The van der Waals surface area contributed by atoms with E-state index in [-0.39, 0.29) is 12.1 Å². The molecule has 0 heterocycles. The van der Waals surface area contributed by atoms with Crippen LogP contribution < -0.4 is 11.5 Å². The van der Waals surface area contributed by atoms with Crippen LogP contribution in [0.2, 0.25) is 0 Å². The molecule has 9 heteroatoms. The number of hydrogen-bond donors (Lipinski definition) is 3. The van der Waals surface area contributed by atoms with Crippen LogP contribution in [-0.2, 0) is 0 Å². The maximum atomic E-state index is 12.2. The number of phenols is 1. The van der Waals surface area contributed by atoms with E-state index in [2.05, 4.69) is 0 Å². The molecule has 0 spiro atoms. The first-order valence-electron chi connectivity index (χ1n) is 3.43. The van der Waals surface area contributed by atoms with E-state index < -0.39 is 32.2 Å². The van der Waals surface area contributed by atoms with E-state index in [1.165, 1.54) is 0 Å². The Kier molecular flexibility index (Phi) is 1.74. The van der Waals surface area contributed by atoms with Gasteiger partial charge >= 0.3 is 10.2 Å². The van der Waals surface area contributed by atoms with E-state index >= 15 is 0 Å². The average Bonchev–Trinajstić information content (AvgIpc) is 1.94. The molecule has 15 heavy (non-hydrogen) atoms. The highest BCUT2D eigenvalue weighted by molar-refractivity contribution is 8.45. The van der Waals surface area contributed by atoms with Gasteiger partial charge in [-0.1, -0.05) is 19.4 Å². The second-order valence-corrected chi connectivity index (χ2v) is 5.33. The van der Waals surface area contributed by atoms with Gasteiger partial charge in [0.2, 0.25) is 0 Å². The Morgan fingerprint density at radius 2 is 1.27 bits per heavy atom. The lowest BCUT2D eigenvalue weighted by Crippen LogP contribution is -2.07. The van der Waals surface area contributed by atoms with E-state index in [1.54, 1.807) is 0 Å². The molecule has 0 saturated heterocycles. The predicted octanol–water partition coefficient (Wildman–Crippen LogP) is 3.21. The summed E-state index contributed by atoms with van der Waals surface area (Å²) < 4.78 is 61.2. The number of phenolic OH excluding ortho intramolecular Hbond substituents is 1. The quantitative estimate of drug-likeness (QED) is 0.407. The summed E-state index contributed by atoms with van der Waals surface area (Å²) in [4.78, 5) is -2.22. The maximum absolute atomic E-state index is 12.2. The average molecular weight is 250 g/mol. The fraction of sp³-hybridized carbons (Fsp3) is 0. The molecule has 88 valence electrons. The number of halogens is 5. The number of rotatable bonds is 1. The largest absolute Gasteiger partial charge is 0.504 e. The van der Waals surface area contributed by atoms with Crippen LogP contribution in [0.4, 0.5) is 30.8 Å². The number of anilines is 2. The molecule has 0 aliphatic rings. The summed E-state index contributed by atoms with van der Waals surface area (Å²) in [5.74, 6) is -0.847. The van der Waals surface area contributed by atoms with Crippen molar-refractivity contribution >= 4 is 21.6 Å². The second kappa shape index (κ2) is 2.23. The number of aromatic hydroxyl groups is 1. The maximum Gasteiger partial charge on any atom is 0.310 e. The molecule has 0 bridgehead atoms. The van der Waals surface area contributed by atoms with E-state index in [1.807, 2.05) is 0 Å². The lowest BCUT2D eigenvalue weighted by atomic mass is 10.2. The number of benzene rings is 1. The summed E-state index contributed by atoms with van der Waals surface area (Å²) in [7, 11) is -9.79. The van der Waals surface area contributed by atoms with Crippen LogP contribution in [0.15, 0.2) is 17.0 Å². The fourth-order valence-electron chi connectivity index (χ4n) is 0.874. The van der Waals surface area contributed by atoms with Crippen molar-refractivity contribution in [2.24, 2.45) is 0 Å². The van der Waals surface area contributed by atoms with Crippen LogP contribution in [-0.4, -0.2) is 5.11 Å². The summed E-state index contributed by atoms with van der Waals surface area (Å²) in [6.07, 6.45) is 0. The normalized spacial score (nSPS) is 16.9. The Balaban J connectivity index is 3.58. The van der Waals surface area contributed by atoms with Crippen molar-refractivity contribution in [1.29, 1.82) is 0 Å². The first-order valence-corrected chi connectivity index (χ1v) is 5.38. The monoisotopic (exact) mass is 250 g/mol. The van der Waals surface area contributed by atoms with Crippen LogP contribution in [0.5, 0.6) is 5.75 Å². The molecule has 0 atom stereocenters. The Morgan fingerprint density at radius 3 is 1.53 bits per heavy atom. The molecule has 0 radical (unpaired) electrons. The van der Waals surface area contributed by atoms with Crippen LogP contribution in [0, 0.1) is 0 Å². The highest BCUT2D eigenvalue weighted by atomic mass is 32.5. The van der Waals surface area contributed by atoms with Crippen molar-refractivity contribution in [3.05, 3.63) is 12.1 Å². The van der Waals surface area contributed by atoms with Crippen LogP contribution >= 0.6 is 10.2 Å². The van der Waals surface area contributed by atoms with Crippen molar-refractivity contribution in [3.63, 3.8) is 0 Å². The third kappa shape index (κ3) is 2.35. The number of hydrogen-bond acceptors (Lipinski definition) is 3. The van der Waals surface area contributed by atoms with Gasteiger partial charge in [0.1, 0.15) is 4.90 Å². The van der Waals surface area contributed by atoms with Gasteiger partial charge in [-0.2, -0.15) is 0 Å². The van der Waals surface area contributed by atoms with Gasteiger partial charge in [0.25, 0.3) is 0 Å². The minimum atomic E-state index is -9.79. The van der Waals surface area contributed by atoms with Gasteiger partial charge in [0, 0.05) is 0 Å². The molecular formula is C6H7F5N2OS. The molecule has 1 rings (SSSR count). The van der Waals surface area contributed by atoms with Crippen molar-refractivity contribution in [1.82, 2.24) is 0 Å². The van der Waals surface area contributed by atoms with Crippen molar-refractivity contribution < 1.29 is 24.5 Å². The molecule has 3 nitrogen and oxygen atoms in total. The van der Waals surface area contributed by atoms with Crippen molar-refractivity contribution in [3.8, 4) is 5.75 Å². The zero-order valence-electron chi connectivity index (χ0n) is 7.05. The topological polar surface area (TPSA) is 72.3 Å². The van der Waals surface area contributed by atoms with Gasteiger partial charge < -0.3 is 16.6 Å². The predicted molar refractivity (Wildman–Crippen MR) is 48.3 cm³/mol. The van der Waals surface area contributed by atoms with Gasteiger partial charge in [-0.25, -0.2) is 0 Å². The molecule has 0 aromatic heterocycles. The van der Waals surface area contributed by atoms with E-state index in [0.29, 0.717) is 0 Å². The zero-order valence-corrected chi connectivity index (χ0v) is 7.87. The van der Waals surface area contributed by atoms with E-state index in [4.69, 9.17) is 16.6 Å². The SMILES string of the molecule is Nc1cc(S(F)(F)(F)(F)F)cc(N)c1O. The van der Waals surface area contributed by atoms with Gasteiger partial charge in [0.15, 0.2) is 5.75 Å². The molecule has 0 saturated carbocycles. The van der Waals surface area contributed by atoms with E-state index in [9.17, 15) is 19.4 Å². The van der Waals surface area contributed by atoms with Gasteiger partial charge in [0.05, 0.1) is 11.4 Å². The smallest absolute Gasteiger partial charge is 0.310 e. The van der Waals surface area contributed by atoms with Crippen LogP contribution in [0.3, 0.4) is 0 Å². The molecule has 0 fully saturated rings. The summed E-state index contributed by atoms with van der Waals surface area (Å²) in [6.45, 7) is 0. The Labute approximate surface area is 81.2 Å². The summed E-state index contributed by atoms with van der Waals surface area (Å²) in [5, 5.41) is 8.92. The Hall–Kier alpha value is -1.38.